The first kappa shape index (κ1) is 30.6. The molecule has 0 saturated carbocycles. The van der Waals surface area contributed by atoms with Crippen molar-refractivity contribution in [2.24, 2.45) is 0 Å². The van der Waals surface area contributed by atoms with Gasteiger partial charge in [0, 0.05) is 30.5 Å². The molecule has 2 heterocycles. The number of unbranched alkanes of at least 4 members (excludes halogenated alkanes) is 1. The summed E-state index contributed by atoms with van der Waals surface area (Å²) in [7, 11) is 0. The fraction of sp³-hybridized carbons (Fsp3) is 0.196. The number of hydrogen-bond donors (Lipinski definition) is 0. The SMILES string of the molecule is C=C1c2ccc(-c3cccc(-c4cc(-c5ccccc5)cc(-c5cccc(CCCC)c5)c4)c3)cc2-c2cccc[n+]2C1(CC)CC. The Bertz CT molecular complexity index is 2060. The highest BCUT2D eigenvalue weighted by Crippen LogP contribution is 2.45. The molecule has 0 aliphatic carbocycles. The lowest BCUT2D eigenvalue weighted by Crippen LogP contribution is -2.59. The highest BCUT2D eigenvalue weighted by atomic mass is 15.1. The van der Waals surface area contributed by atoms with Crippen LogP contribution in [-0.2, 0) is 12.0 Å². The van der Waals surface area contributed by atoms with E-state index in [9.17, 15) is 0 Å². The van der Waals surface area contributed by atoms with Gasteiger partial charge in [0.05, 0.1) is 5.56 Å². The van der Waals surface area contributed by atoms with Crippen LogP contribution in [0.4, 0.5) is 0 Å². The molecule has 0 saturated heterocycles. The molecule has 1 nitrogen and oxygen atoms in total. The molecule has 0 unspecified atom stereocenters. The molecule has 1 heteroatoms. The minimum atomic E-state index is -0.0952. The quantitative estimate of drug-likeness (QED) is 0.143. The van der Waals surface area contributed by atoms with Crippen molar-refractivity contribution in [3.63, 3.8) is 0 Å². The lowest BCUT2D eigenvalue weighted by atomic mass is 9.75. The largest absolute Gasteiger partial charge is 0.213 e. The summed E-state index contributed by atoms with van der Waals surface area (Å²) in [6.07, 6.45) is 7.80. The average molecular weight is 611 g/mol. The van der Waals surface area contributed by atoms with Crippen molar-refractivity contribution in [1.29, 1.82) is 0 Å². The van der Waals surface area contributed by atoms with E-state index in [0.29, 0.717) is 0 Å². The van der Waals surface area contributed by atoms with Crippen LogP contribution in [0.5, 0.6) is 0 Å². The summed E-state index contributed by atoms with van der Waals surface area (Å²) in [6.45, 7) is 11.5. The van der Waals surface area contributed by atoms with Crippen LogP contribution in [0.3, 0.4) is 0 Å². The molecular formula is C46H44N+. The molecule has 1 aliphatic rings. The van der Waals surface area contributed by atoms with Gasteiger partial charge in [-0.2, -0.15) is 4.57 Å². The molecular weight excluding hydrogens is 567 g/mol. The van der Waals surface area contributed by atoms with Crippen molar-refractivity contribution in [2.45, 2.75) is 58.4 Å². The Morgan fingerprint density at radius 1 is 0.511 bits per heavy atom. The van der Waals surface area contributed by atoms with Crippen LogP contribution in [0.15, 0.2) is 146 Å². The summed E-state index contributed by atoms with van der Waals surface area (Å²) < 4.78 is 2.46. The van der Waals surface area contributed by atoms with Gasteiger partial charge in [-0.05, 0) is 105 Å². The van der Waals surface area contributed by atoms with Crippen LogP contribution >= 0.6 is 0 Å². The number of pyridine rings is 1. The fourth-order valence-corrected chi connectivity index (χ4v) is 7.57. The van der Waals surface area contributed by atoms with Crippen molar-refractivity contribution in [3.05, 3.63) is 157 Å². The van der Waals surface area contributed by atoms with Crippen LogP contribution in [0.1, 0.15) is 57.6 Å². The first-order valence-corrected chi connectivity index (χ1v) is 17.3. The third kappa shape index (κ3) is 5.65. The Morgan fingerprint density at radius 3 is 1.79 bits per heavy atom. The van der Waals surface area contributed by atoms with E-state index in [0.717, 1.165) is 19.3 Å². The zero-order valence-electron chi connectivity index (χ0n) is 28.0. The Hall–Kier alpha value is -5.01. The maximum absolute atomic E-state index is 4.67. The van der Waals surface area contributed by atoms with Gasteiger partial charge in [-0.15, -0.1) is 0 Å². The van der Waals surface area contributed by atoms with Crippen molar-refractivity contribution in [2.75, 3.05) is 0 Å². The summed E-state index contributed by atoms with van der Waals surface area (Å²) in [5.41, 5.74) is 16.2. The molecule has 7 rings (SSSR count). The van der Waals surface area contributed by atoms with E-state index in [4.69, 9.17) is 0 Å². The molecule has 0 amide bonds. The first-order chi connectivity index (χ1) is 23.0. The number of benzene rings is 5. The predicted molar refractivity (Wildman–Crippen MR) is 200 cm³/mol. The fourth-order valence-electron chi connectivity index (χ4n) is 7.57. The van der Waals surface area contributed by atoms with E-state index >= 15 is 0 Å². The molecule has 0 atom stereocenters. The van der Waals surface area contributed by atoms with E-state index in [1.54, 1.807) is 0 Å². The molecule has 0 spiro atoms. The van der Waals surface area contributed by atoms with Gasteiger partial charge in [0.1, 0.15) is 0 Å². The number of aryl methyl sites for hydroxylation is 1. The van der Waals surface area contributed by atoms with Crippen molar-refractivity contribution in [1.82, 2.24) is 0 Å². The Labute approximate surface area is 280 Å². The number of nitrogens with zero attached hydrogens (tertiary/aromatic N) is 1. The Morgan fingerprint density at radius 2 is 1.09 bits per heavy atom. The van der Waals surface area contributed by atoms with Gasteiger partial charge < -0.3 is 0 Å². The maximum Gasteiger partial charge on any atom is 0.213 e. The molecule has 1 aromatic heterocycles. The molecule has 0 bridgehead atoms. The minimum absolute atomic E-state index is 0.0952. The molecule has 1 aliphatic heterocycles. The van der Waals surface area contributed by atoms with Crippen molar-refractivity contribution >= 4 is 5.57 Å². The summed E-state index contributed by atoms with van der Waals surface area (Å²) in [4.78, 5) is 0. The Balaban J connectivity index is 1.32. The smallest absolute Gasteiger partial charge is 0.189 e. The highest BCUT2D eigenvalue weighted by molar-refractivity contribution is 5.87. The summed E-state index contributed by atoms with van der Waals surface area (Å²) in [5.74, 6) is 0. The van der Waals surface area contributed by atoms with E-state index in [-0.39, 0.29) is 5.54 Å². The van der Waals surface area contributed by atoms with E-state index in [1.165, 1.54) is 85.3 Å². The average Bonchev–Trinajstić information content (AvgIpc) is 3.15. The van der Waals surface area contributed by atoms with Crippen molar-refractivity contribution < 1.29 is 4.57 Å². The second-order valence-electron chi connectivity index (χ2n) is 13.0. The molecule has 5 aromatic carbocycles. The Kier molecular flexibility index (Phi) is 8.48. The van der Waals surface area contributed by atoms with Crippen LogP contribution in [0.25, 0.3) is 61.3 Å². The third-order valence-electron chi connectivity index (χ3n) is 10.3. The lowest BCUT2D eigenvalue weighted by Gasteiger charge is -2.34. The lowest BCUT2D eigenvalue weighted by molar-refractivity contribution is -0.741. The second kappa shape index (κ2) is 13.0. The molecule has 0 radical (unpaired) electrons. The van der Waals surface area contributed by atoms with Gasteiger partial charge in [-0.3, -0.25) is 0 Å². The van der Waals surface area contributed by atoms with E-state index in [2.05, 4.69) is 172 Å². The molecule has 6 aromatic rings. The standard InChI is InChI=1S/C46H44N/c1-5-8-16-34-17-14-20-36(27-34)41-29-40(35-18-10-9-11-19-35)30-42(31-41)38-22-15-21-37(28-38)39-24-25-43-33(4)46(6-2,7-3)47-26-13-12-23-45(47)44(43)32-39/h9-15,17-32H,4-8,16H2,1-3H3/q+1. The normalized spacial score (nSPS) is 13.2. The van der Waals surface area contributed by atoms with E-state index in [1.807, 2.05) is 0 Å². The van der Waals surface area contributed by atoms with Gasteiger partial charge in [0.15, 0.2) is 11.7 Å². The van der Waals surface area contributed by atoms with Crippen LogP contribution in [0.2, 0.25) is 0 Å². The van der Waals surface area contributed by atoms with Crippen LogP contribution in [0, 0.1) is 0 Å². The van der Waals surface area contributed by atoms with Crippen LogP contribution in [-0.4, -0.2) is 0 Å². The molecule has 0 fully saturated rings. The predicted octanol–water partition coefficient (Wildman–Crippen LogP) is 12.2. The number of rotatable bonds is 9. The maximum atomic E-state index is 4.67. The van der Waals surface area contributed by atoms with Gasteiger partial charge in [-0.1, -0.05) is 119 Å². The number of fused-ring (bicyclic) bond motifs is 3. The zero-order valence-corrected chi connectivity index (χ0v) is 28.0. The summed E-state index contributed by atoms with van der Waals surface area (Å²) >= 11 is 0. The highest BCUT2D eigenvalue weighted by Gasteiger charge is 2.46. The van der Waals surface area contributed by atoms with Crippen molar-refractivity contribution in [3.8, 4) is 55.8 Å². The van der Waals surface area contributed by atoms with Gasteiger partial charge in [0.2, 0.25) is 5.69 Å². The van der Waals surface area contributed by atoms with Crippen LogP contribution < -0.4 is 4.57 Å². The zero-order chi connectivity index (χ0) is 32.4. The summed E-state index contributed by atoms with van der Waals surface area (Å²) in [6, 6.07) is 49.5. The summed E-state index contributed by atoms with van der Waals surface area (Å²) in [5, 5.41) is 0. The van der Waals surface area contributed by atoms with Gasteiger partial charge in [-0.25, -0.2) is 0 Å². The van der Waals surface area contributed by atoms with Gasteiger partial charge >= 0.3 is 0 Å². The minimum Gasteiger partial charge on any atom is -0.189 e. The third-order valence-corrected chi connectivity index (χ3v) is 10.3. The first-order valence-electron chi connectivity index (χ1n) is 17.3. The van der Waals surface area contributed by atoms with Gasteiger partial charge in [0.25, 0.3) is 0 Å². The molecule has 0 N–H and O–H groups in total. The monoisotopic (exact) mass is 610 g/mol. The number of hydrogen-bond acceptors (Lipinski definition) is 0. The topological polar surface area (TPSA) is 3.88 Å². The molecule has 232 valence electrons. The second-order valence-corrected chi connectivity index (χ2v) is 13.0. The number of aromatic nitrogens is 1. The number of allylic oxidation sites excluding steroid dienone is 1. The van der Waals surface area contributed by atoms with E-state index < -0.39 is 0 Å². The molecule has 47 heavy (non-hydrogen) atoms.